The largest absolute Gasteiger partial charge is 0.506 e. The monoisotopic (exact) mass is 403 g/mol. The fraction of sp³-hybridized carbons (Fsp3) is 0.0476. The molecule has 0 bridgehead atoms. The van der Waals surface area contributed by atoms with Gasteiger partial charge in [-0.2, -0.15) is 4.99 Å². The van der Waals surface area contributed by atoms with Crippen molar-refractivity contribution in [3.05, 3.63) is 60.0 Å². The van der Waals surface area contributed by atoms with Crippen molar-refractivity contribution in [1.82, 2.24) is 20.0 Å². The highest BCUT2D eigenvalue weighted by Gasteiger charge is 2.14. The van der Waals surface area contributed by atoms with E-state index in [1.54, 1.807) is 28.9 Å². The van der Waals surface area contributed by atoms with Gasteiger partial charge in [0.15, 0.2) is 5.65 Å². The molecule has 9 nitrogen and oxygen atoms in total. The molecule has 0 spiro atoms. The molecule has 0 aliphatic heterocycles. The second-order valence-corrected chi connectivity index (χ2v) is 6.76. The van der Waals surface area contributed by atoms with E-state index in [0.29, 0.717) is 28.0 Å². The van der Waals surface area contributed by atoms with E-state index in [4.69, 9.17) is 9.84 Å². The highest BCUT2D eigenvalue weighted by atomic mass is 16.5. The number of amides is 1. The molecule has 5 aromatic rings. The summed E-state index contributed by atoms with van der Waals surface area (Å²) < 4.78 is 6.92. The summed E-state index contributed by atoms with van der Waals surface area (Å²) in [7, 11) is 1.54. The number of hydrogen-bond acceptors (Lipinski definition) is 3. The number of ether oxygens (including phenoxy) is 1. The molecule has 0 radical (unpaired) electrons. The van der Waals surface area contributed by atoms with E-state index in [0.717, 1.165) is 21.7 Å². The first-order valence-corrected chi connectivity index (χ1v) is 9.10. The molecule has 0 atom stereocenters. The fourth-order valence-corrected chi connectivity index (χ4v) is 3.72. The average Bonchev–Trinajstić information content (AvgIpc) is 3.09. The lowest BCUT2D eigenvalue weighted by Gasteiger charge is -2.10. The second-order valence-electron chi connectivity index (χ2n) is 6.76. The Hall–Kier alpha value is -4.40. The number of aromatic amines is 3. The van der Waals surface area contributed by atoms with Gasteiger partial charge in [0.25, 0.3) is 0 Å². The molecule has 0 fully saturated rings. The summed E-state index contributed by atoms with van der Waals surface area (Å²) in [5.74, 6) is 0.568. The molecule has 3 aromatic carbocycles. The van der Waals surface area contributed by atoms with Gasteiger partial charge in [-0.15, -0.1) is 0 Å². The maximum atomic E-state index is 11.1. The molecule has 1 amide bonds. The number of hydrogen-bond donors (Lipinski definition) is 5. The molecule has 0 saturated carbocycles. The Morgan fingerprint density at radius 2 is 1.87 bits per heavy atom. The van der Waals surface area contributed by atoms with Crippen LogP contribution in [-0.2, 0) is 0 Å². The van der Waals surface area contributed by atoms with E-state index in [-0.39, 0.29) is 5.75 Å². The zero-order valence-electron chi connectivity index (χ0n) is 15.8. The third-order valence-corrected chi connectivity index (χ3v) is 5.00. The quantitative estimate of drug-likeness (QED) is 0.307. The first kappa shape index (κ1) is 17.7. The molecule has 9 heteroatoms. The molecule has 0 aliphatic rings. The summed E-state index contributed by atoms with van der Waals surface area (Å²) in [6.07, 6.45) is -1.26. The van der Waals surface area contributed by atoms with Gasteiger partial charge in [-0.1, -0.05) is 18.2 Å². The Morgan fingerprint density at radius 1 is 1.03 bits per heavy atom. The highest BCUT2D eigenvalue weighted by molar-refractivity contribution is 6.15. The summed E-state index contributed by atoms with van der Waals surface area (Å²) in [5.41, 5.74) is 2.62. The second kappa shape index (κ2) is 6.59. The molecule has 5 N–H and O–H groups in total. The number of phenols is 1. The topological polar surface area (TPSA) is 131 Å². The van der Waals surface area contributed by atoms with Crippen molar-refractivity contribution in [3.63, 3.8) is 0 Å². The minimum absolute atomic E-state index is 0.0306. The number of carbonyl (C=O) groups is 1. The molecule has 2 aromatic heterocycles. The molecule has 30 heavy (non-hydrogen) atoms. The number of H-pyrrole nitrogens is 3. The minimum Gasteiger partial charge on any atom is -0.506 e. The third-order valence-electron chi connectivity index (χ3n) is 5.00. The third kappa shape index (κ3) is 2.72. The lowest BCUT2D eigenvalue weighted by atomic mass is 10.1. The van der Waals surface area contributed by atoms with Gasteiger partial charge in [-0.3, -0.25) is 15.3 Å². The standard InChI is InChI=1S/C21H17N5O4/c1-30-12-6-7-17(18(27)10-12)26-20-19-14(13-4-2-3-5-15(13)25-26)8-11(22-21(28)29)9-16(19)23-24-20/h2-10,23-25,27H,1H3,(H,28,29). The van der Waals surface area contributed by atoms with Crippen molar-refractivity contribution in [3.8, 4) is 17.2 Å². The maximum absolute atomic E-state index is 11.1. The van der Waals surface area contributed by atoms with Gasteiger partial charge in [0.2, 0.25) is 0 Å². The van der Waals surface area contributed by atoms with E-state index < -0.39 is 6.09 Å². The van der Waals surface area contributed by atoms with Crippen LogP contribution in [0.4, 0.5) is 4.79 Å². The first-order valence-electron chi connectivity index (χ1n) is 9.10. The smallest absolute Gasteiger partial charge is 0.431 e. The molecule has 2 heterocycles. The Morgan fingerprint density at radius 3 is 2.63 bits per heavy atom. The van der Waals surface area contributed by atoms with Gasteiger partial charge >= 0.3 is 6.09 Å². The average molecular weight is 403 g/mol. The van der Waals surface area contributed by atoms with Gasteiger partial charge in [0.05, 0.1) is 28.9 Å². The predicted molar refractivity (Wildman–Crippen MR) is 112 cm³/mol. The van der Waals surface area contributed by atoms with Crippen LogP contribution in [0.1, 0.15) is 0 Å². The SMILES string of the molecule is COc1ccc(-n2[nH]c3ccccc3c3cc(=NC(=O)O)cc4[nH][nH]c2c43)c(O)c1. The normalized spacial score (nSPS) is 12.1. The zero-order valence-corrected chi connectivity index (χ0v) is 15.8. The van der Waals surface area contributed by atoms with E-state index in [2.05, 4.69) is 20.3 Å². The lowest BCUT2D eigenvalue weighted by Crippen LogP contribution is -2.04. The van der Waals surface area contributed by atoms with E-state index >= 15 is 0 Å². The predicted octanol–water partition coefficient (Wildman–Crippen LogP) is 3.78. The zero-order chi connectivity index (χ0) is 20.8. The number of phenolic OH excluding ortho intramolecular Hbond substituents is 1. The Balaban J connectivity index is 1.99. The number of nitrogens with zero attached hydrogens (tertiary/aromatic N) is 2. The van der Waals surface area contributed by atoms with Crippen molar-refractivity contribution >= 4 is 38.9 Å². The van der Waals surface area contributed by atoms with Crippen molar-refractivity contribution in [2.45, 2.75) is 0 Å². The summed E-state index contributed by atoms with van der Waals surface area (Å²) in [4.78, 5) is 14.8. The lowest BCUT2D eigenvalue weighted by molar-refractivity contribution is 0.205. The first-order chi connectivity index (χ1) is 14.5. The number of fused-ring (bicyclic) bond motifs is 2. The number of rotatable bonds is 2. The number of para-hydroxylation sites is 1. The van der Waals surface area contributed by atoms with Crippen LogP contribution in [0, 0.1) is 0 Å². The summed E-state index contributed by atoms with van der Waals surface area (Å²) in [6.45, 7) is 0. The summed E-state index contributed by atoms with van der Waals surface area (Å²) >= 11 is 0. The number of methoxy groups -OCH3 is 1. The van der Waals surface area contributed by atoms with Crippen molar-refractivity contribution < 1.29 is 19.7 Å². The van der Waals surface area contributed by atoms with E-state index in [9.17, 15) is 9.90 Å². The number of nitrogens with one attached hydrogen (secondary N) is 3. The number of aromatic hydroxyl groups is 1. The molecule has 0 aliphatic carbocycles. The van der Waals surface area contributed by atoms with E-state index in [1.165, 1.54) is 13.2 Å². The molecular weight excluding hydrogens is 386 g/mol. The van der Waals surface area contributed by atoms with Crippen LogP contribution in [0.15, 0.2) is 59.6 Å². The molecule has 0 unspecified atom stereocenters. The molecule has 0 saturated heterocycles. The molecular formula is C21H17N5O4. The van der Waals surface area contributed by atoms with Gasteiger partial charge in [-0.25, -0.2) is 9.48 Å². The van der Waals surface area contributed by atoms with Crippen LogP contribution >= 0.6 is 0 Å². The molecule has 5 rings (SSSR count). The molecule has 150 valence electrons. The van der Waals surface area contributed by atoms with Crippen LogP contribution in [0.2, 0.25) is 0 Å². The summed E-state index contributed by atoms with van der Waals surface area (Å²) in [6, 6.07) is 16.1. The van der Waals surface area contributed by atoms with Gasteiger partial charge in [0, 0.05) is 11.5 Å². The minimum atomic E-state index is -1.26. The van der Waals surface area contributed by atoms with Crippen LogP contribution < -0.4 is 10.1 Å². The Kier molecular flexibility index (Phi) is 3.88. The van der Waals surface area contributed by atoms with Gasteiger partial charge in [0.1, 0.15) is 17.2 Å². The fourth-order valence-electron chi connectivity index (χ4n) is 3.72. The van der Waals surface area contributed by atoms with Crippen LogP contribution in [-0.4, -0.2) is 43.4 Å². The van der Waals surface area contributed by atoms with Crippen LogP contribution in [0.25, 0.3) is 38.5 Å². The Bertz CT molecular complexity index is 1530. The number of benzene rings is 3. The van der Waals surface area contributed by atoms with Crippen LogP contribution in [0.5, 0.6) is 11.5 Å². The van der Waals surface area contributed by atoms with Crippen LogP contribution in [0.3, 0.4) is 0 Å². The maximum Gasteiger partial charge on any atom is 0.431 e. The number of aromatic nitrogens is 4. The van der Waals surface area contributed by atoms with Gasteiger partial charge in [-0.05, 0) is 35.7 Å². The van der Waals surface area contributed by atoms with Crippen molar-refractivity contribution in [2.75, 3.05) is 7.11 Å². The van der Waals surface area contributed by atoms with Gasteiger partial charge < -0.3 is 14.9 Å². The summed E-state index contributed by atoms with van der Waals surface area (Å²) in [5, 5.41) is 32.1. The van der Waals surface area contributed by atoms with Crippen molar-refractivity contribution in [2.24, 2.45) is 4.99 Å². The number of carboxylic acid groups (broad SMARTS) is 1. The van der Waals surface area contributed by atoms with Crippen molar-refractivity contribution in [1.29, 1.82) is 0 Å². The Labute approximate surface area is 168 Å². The van der Waals surface area contributed by atoms with E-state index in [1.807, 2.05) is 24.3 Å². The highest BCUT2D eigenvalue weighted by Crippen LogP contribution is 2.32.